The molecule has 2 aromatic heterocycles. The third kappa shape index (κ3) is 2.41. The molecule has 0 spiro atoms. The number of hydrogen-bond acceptors (Lipinski definition) is 3. The van der Waals surface area contributed by atoms with Crippen molar-refractivity contribution in [2.75, 3.05) is 0 Å². The fourth-order valence-corrected chi connectivity index (χ4v) is 2.43. The normalized spacial score (nSPS) is 18.1. The molecule has 0 bridgehead atoms. The van der Waals surface area contributed by atoms with E-state index in [2.05, 4.69) is 14.9 Å². The van der Waals surface area contributed by atoms with Crippen LogP contribution >= 0.6 is 0 Å². The Morgan fingerprint density at radius 2 is 2.47 bits per heavy atom. The molecule has 3 rings (SSSR count). The number of aromatic nitrogens is 2. The summed E-state index contributed by atoms with van der Waals surface area (Å²) < 4.78 is 7.55. The summed E-state index contributed by atoms with van der Waals surface area (Å²) in [6.45, 7) is 2.78. The lowest BCUT2D eigenvalue weighted by Gasteiger charge is -2.24. The number of fused-ring (bicyclic) bond motifs is 1. The number of aryl methyl sites for hydroxylation is 2. The van der Waals surface area contributed by atoms with Crippen molar-refractivity contribution in [2.24, 2.45) is 0 Å². The summed E-state index contributed by atoms with van der Waals surface area (Å²) >= 11 is 0. The van der Waals surface area contributed by atoms with Crippen molar-refractivity contribution >= 4 is 5.91 Å². The second-order valence-electron chi connectivity index (χ2n) is 4.82. The van der Waals surface area contributed by atoms with E-state index in [-0.39, 0.29) is 11.9 Å². The average molecular weight is 259 g/mol. The molecule has 0 radical (unpaired) electrons. The van der Waals surface area contributed by atoms with Crippen molar-refractivity contribution in [1.82, 2.24) is 14.9 Å². The number of nitrogens with zero attached hydrogens (tertiary/aromatic N) is 2. The van der Waals surface area contributed by atoms with Crippen LogP contribution in [0.4, 0.5) is 0 Å². The molecular formula is C14H17N3O2. The number of amides is 1. The summed E-state index contributed by atoms with van der Waals surface area (Å²) in [6, 6.07) is 3.73. The molecule has 0 fully saturated rings. The SMILES string of the molecule is CCc1ccc(C(=O)NC2CCc3nccn3C2)o1. The topological polar surface area (TPSA) is 60.1 Å². The highest BCUT2D eigenvalue weighted by Crippen LogP contribution is 2.14. The van der Waals surface area contributed by atoms with Crippen molar-refractivity contribution in [1.29, 1.82) is 0 Å². The third-order valence-corrected chi connectivity index (χ3v) is 3.50. The minimum Gasteiger partial charge on any atom is -0.456 e. The molecule has 5 heteroatoms. The van der Waals surface area contributed by atoms with Crippen molar-refractivity contribution in [2.45, 2.75) is 38.8 Å². The minimum absolute atomic E-state index is 0.131. The Labute approximate surface area is 111 Å². The average Bonchev–Trinajstić information content (AvgIpc) is 3.06. The lowest BCUT2D eigenvalue weighted by molar-refractivity contribution is 0.0897. The molecule has 1 atom stereocenters. The Balaban J connectivity index is 1.64. The number of furan rings is 1. The van der Waals surface area contributed by atoms with Gasteiger partial charge in [0.1, 0.15) is 11.6 Å². The second-order valence-corrected chi connectivity index (χ2v) is 4.82. The number of hydrogen-bond donors (Lipinski definition) is 1. The monoisotopic (exact) mass is 259 g/mol. The van der Waals surface area contributed by atoms with Crippen LogP contribution in [0, 0.1) is 0 Å². The summed E-state index contributed by atoms with van der Waals surface area (Å²) in [5.41, 5.74) is 0. The van der Waals surface area contributed by atoms with Crippen LogP contribution < -0.4 is 5.32 Å². The molecule has 0 aliphatic carbocycles. The Kier molecular flexibility index (Phi) is 3.11. The van der Waals surface area contributed by atoms with Crippen LogP contribution in [-0.2, 0) is 19.4 Å². The zero-order chi connectivity index (χ0) is 13.2. The lowest BCUT2D eigenvalue weighted by Crippen LogP contribution is -2.40. The zero-order valence-corrected chi connectivity index (χ0v) is 10.9. The number of carbonyl (C=O) groups is 1. The lowest BCUT2D eigenvalue weighted by atomic mass is 10.1. The molecule has 1 aliphatic heterocycles. The van der Waals surface area contributed by atoms with Gasteiger partial charge in [0.25, 0.3) is 5.91 Å². The summed E-state index contributed by atoms with van der Waals surface area (Å²) in [5.74, 6) is 2.20. The van der Waals surface area contributed by atoms with Gasteiger partial charge in [-0.2, -0.15) is 0 Å². The van der Waals surface area contributed by atoms with E-state index >= 15 is 0 Å². The van der Waals surface area contributed by atoms with Crippen molar-refractivity contribution in [3.63, 3.8) is 0 Å². The number of carbonyl (C=O) groups excluding carboxylic acids is 1. The largest absolute Gasteiger partial charge is 0.456 e. The maximum absolute atomic E-state index is 12.1. The summed E-state index contributed by atoms with van der Waals surface area (Å²) in [4.78, 5) is 16.3. The standard InChI is InChI=1S/C14H17N3O2/c1-2-11-4-5-12(19-11)14(18)16-10-3-6-13-15-7-8-17(13)9-10/h4-5,7-8,10H,2-3,6,9H2,1H3,(H,16,18). The molecular weight excluding hydrogens is 242 g/mol. The number of rotatable bonds is 3. The van der Waals surface area contributed by atoms with Gasteiger partial charge < -0.3 is 14.3 Å². The first kappa shape index (κ1) is 12.0. The van der Waals surface area contributed by atoms with Crippen LogP contribution in [0.5, 0.6) is 0 Å². The highest BCUT2D eigenvalue weighted by molar-refractivity contribution is 5.91. The van der Waals surface area contributed by atoms with Gasteiger partial charge in [-0.15, -0.1) is 0 Å². The van der Waals surface area contributed by atoms with Crippen LogP contribution in [0.2, 0.25) is 0 Å². The van der Waals surface area contributed by atoms with E-state index in [0.29, 0.717) is 5.76 Å². The van der Waals surface area contributed by atoms with Crippen LogP contribution in [0.15, 0.2) is 28.9 Å². The molecule has 1 amide bonds. The molecule has 1 aliphatic rings. The van der Waals surface area contributed by atoms with Gasteiger partial charge in [-0.05, 0) is 18.6 Å². The second kappa shape index (κ2) is 4.91. The van der Waals surface area contributed by atoms with Crippen LogP contribution in [0.3, 0.4) is 0 Å². The first-order chi connectivity index (χ1) is 9.26. The summed E-state index contributed by atoms with van der Waals surface area (Å²) in [6.07, 6.45) is 6.38. The van der Waals surface area contributed by atoms with E-state index in [1.807, 2.05) is 19.2 Å². The van der Waals surface area contributed by atoms with Gasteiger partial charge in [0.05, 0.1) is 0 Å². The highest BCUT2D eigenvalue weighted by atomic mass is 16.3. The molecule has 0 aromatic carbocycles. The van der Waals surface area contributed by atoms with Gasteiger partial charge in [0.15, 0.2) is 5.76 Å². The number of nitrogens with one attached hydrogen (secondary N) is 1. The van der Waals surface area contributed by atoms with Crippen molar-refractivity contribution in [3.05, 3.63) is 41.9 Å². The van der Waals surface area contributed by atoms with Crippen molar-refractivity contribution in [3.8, 4) is 0 Å². The zero-order valence-electron chi connectivity index (χ0n) is 10.9. The Morgan fingerprint density at radius 3 is 3.26 bits per heavy atom. The maximum atomic E-state index is 12.1. The van der Waals surface area contributed by atoms with E-state index in [9.17, 15) is 4.79 Å². The molecule has 0 saturated carbocycles. The van der Waals surface area contributed by atoms with E-state index in [4.69, 9.17) is 4.42 Å². The Morgan fingerprint density at radius 1 is 1.58 bits per heavy atom. The molecule has 100 valence electrons. The van der Waals surface area contributed by atoms with Crippen LogP contribution in [-0.4, -0.2) is 21.5 Å². The van der Waals surface area contributed by atoms with Gasteiger partial charge in [0.2, 0.25) is 0 Å². The van der Waals surface area contributed by atoms with Gasteiger partial charge in [0, 0.05) is 37.8 Å². The van der Waals surface area contributed by atoms with Crippen LogP contribution in [0.25, 0.3) is 0 Å². The minimum atomic E-state index is -0.131. The summed E-state index contributed by atoms with van der Waals surface area (Å²) in [5, 5.41) is 3.02. The fourth-order valence-electron chi connectivity index (χ4n) is 2.43. The van der Waals surface area contributed by atoms with Gasteiger partial charge in [-0.3, -0.25) is 4.79 Å². The third-order valence-electron chi connectivity index (χ3n) is 3.50. The predicted molar refractivity (Wildman–Crippen MR) is 69.9 cm³/mol. The summed E-state index contributed by atoms with van der Waals surface area (Å²) in [7, 11) is 0. The quantitative estimate of drug-likeness (QED) is 0.914. The maximum Gasteiger partial charge on any atom is 0.287 e. The molecule has 19 heavy (non-hydrogen) atoms. The fraction of sp³-hybridized carbons (Fsp3) is 0.429. The highest BCUT2D eigenvalue weighted by Gasteiger charge is 2.21. The molecule has 3 heterocycles. The first-order valence-corrected chi connectivity index (χ1v) is 6.66. The Hall–Kier alpha value is -2.04. The van der Waals surface area contributed by atoms with E-state index < -0.39 is 0 Å². The van der Waals surface area contributed by atoms with Gasteiger partial charge in [-0.25, -0.2) is 4.98 Å². The van der Waals surface area contributed by atoms with E-state index in [1.165, 1.54) is 0 Å². The molecule has 2 aromatic rings. The van der Waals surface area contributed by atoms with Gasteiger partial charge >= 0.3 is 0 Å². The predicted octanol–water partition coefficient (Wildman–Crippen LogP) is 1.78. The van der Waals surface area contributed by atoms with E-state index in [1.54, 1.807) is 12.3 Å². The molecule has 5 nitrogen and oxygen atoms in total. The van der Waals surface area contributed by atoms with Gasteiger partial charge in [-0.1, -0.05) is 6.92 Å². The van der Waals surface area contributed by atoms with Crippen LogP contribution in [0.1, 0.15) is 35.5 Å². The molecule has 0 saturated heterocycles. The smallest absolute Gasteiger partial charge is 0.287 e. The molecule has 1 unspecified atom stereocenters. The van der Waals surface area contributed by atoms with E-state index in [0.717, 1.165) is 37.4 Å². The molecule has 1 N–H and O–H groups in total. The van der Waals surface area contributed by atoms with Crippen molar-refractivity contribution < 1.29 is 9.21 Å². The first-order valence-electron chi connectivity index (χ1n) is 6.66. The Bertz CT molecular complexity index is 585. The number of imidazole rings is 1.